The molecule has 9 amide bonds. The molecule has 6 fully saturated rings. The number of aliphatic hydroxyl groups is 10. The van der Waals surface area contributed by atoms with Crippen molar-refractivity contribution >= 4 is 70.4 Å². The lowest BCUT2D eigenvalue weighted by atomic mass is 9.97. The average molecular weight is 1690 g/mol. The highest BCUT2D eigenvalue weighted by Crippen LogP contribution is 2.43. The van der Waals surface area contributed by atoms with Gasteiger partial charge in [-0.1, -0.05) is 26.2 Å². The zero-order valence-corrected chi connectivity index (χ0v) is 68.3. The molecule has 0 aromatic carbocycles. The number of unbranched alkanes of at least 4 members (excludes halogenated alkanes) is 9. The number of likely N-dealkylation sites (tertiary alicyclic amines) is 3. The number of ether oxygens (including phenoxy) is 6. The van der Waals surface area contributed by atoms with E-state index in [4.69, 9.17) is 46.5 Å². The van der Waals surface area contributed by atoms with E-state index in [1.807, 2.05) is 6.92 Å². The predicted molar refractivity (Wildman–Crippen MR) is 406 cm³/mol. The van der Waals surface area contributed by atoms with Crippen molar-refractivity contribution in [1.29, 1.82) is 0 Å². The van der Waals surface area contributed by atoms with Crippen LogP contribution in [-0.4, -0.2) is 350 Å². The fourth-order valence-electron chi connectivity index (χ4n) is 14.8. The lowest BCUT2D eigenvalue weighted by Crippen LogP contribution is -2.64. The summed E-state index contributed by atoms with van der Waals surface area (Å²) in [5, 5.41) is 117. The van der Waals surface area contributed by atoms with Crippen LogP contribution in [-0.2, 0) is 89.7 Å². The van der Waals surface area contributed by atoms with Crippen molar-refractivity contribution < 1.29 is 151 Å². The third-order valence-corrected chi connectivity index (χ3v) is 22.6. The second-order valence-electron chi connectivity index (χ2n) is 30.4. The smallest absolute Gasteiger partial charge is 0.330 e. The molecule has 11 unspecified atom stereocenters. The number of amides is 9. The summed E-state index contributed by atoms with van der Waals surface area (Å²) in [7, 11) is -5.09. The van der Waals surface area contributed by atoms with Crippen LogP contribution in [0, 0.1) is 5.92 Å². The van der Waals surface area contributed by atoms with Crippen LogP contribution in [0.15, 0.2) is 0 Å². The number of carbonyl (C=O) groups is 9. The SMILES string of the molecule is CC(=O)NC1C(O)[C@@H](O)C(CO)O[C@H]1OCCCCC(=O)NCCCCCC(=O)N1C[C@H](C)C[C@H]1COP(O)O[C@@H]1C[C@@H](COP(O)O[C@@H]2C[C@@H](CO)N(C(=O)CCCCCNC(=O)CCCCO[C@@H]3OC(CO)[C@H](O)C(O)C3NC(C)=O)C2)N(C(=O)CCCCCNC(=O)CCCCO[C@@H]2OC(CO)[C@H](O)C(O)C2NC(C)=O)C1. The topological polar surface area (TPSA) is 571 Å². The summed E-state index contributed by atoms with van der Waals surface area (Å²) in [6, 6.07) is -4.81. The van der Waals surface area contributed by atoms with E-state index in [9.17, 15) is 104 Å². The van der Waals surface area contributed by atoms with E-state index in [2.05, 4.69) is 31.9 Å². The van der Waals surface area contributed by atoms with Crippen LogP contribution in [0.2, 0.25) is 0 Å². The molecule has 23 atom stereocenters. The van der Waals surface area contributed by atoms with Crippen LogP contribution in [0.1, 0.15) is 182 Å². The molecule has 6 aliphatic heterocycles. The van der Waals surface area contributed by atoms with Crippen molar-refractivity contribution in [2.45, 2.75) is 304 Å². The average Bonchev–Trinajstić information content (AvgIpc) is 1.79. The van der Waals surface area contributed by atoms with Gasteiger partial charge in [0.05, 0.1) is 70.0 Å². The van der Waals surface area contributed by atoms with E-state index in [-0.39, 0.29) is 152 Å². The first kappa shape index (κ1) is 99.0. The van der Waals surface area contributed by atoms with Crippen molar-refractivity contribution in [3.8, 4) is 0 Å². The molecule has 0 spiro atoms. The van der Waals surface area contributed by atoms with Crippen LogP contribution in [0.3, 0.4) is 0 Å². The van der Waals surface area contributed by atoms with Gasteiger partial charge in [-0.3, -0.25) is 43.2 Å². The number of hydrogen-bond donors (Lipinski definition) is 18. The maximum atomic E-state index is 14.1. The minimum atomic E-state index is -2.58. The molecule has 0 aliphatic carbocycles. The molecule has 6 rings (SSSR count). The van der Waals surface area contributed by atoms with Gasteiger partial charge in [0.2, 0.25) is 53.2 Å². The summed E-state index contributed by atoms with van der Waals surface area (Å²) in [5.41, 5.74) is 0. The Morgan fingerprint density at radius 3 is 1.01 bits per heavy atom. The maximum absolute atomic E-state index is 14.1. The summed E-state index contributed by atoms with van der Waals surface area (Å²) in [4.78, 5) is 141. The Labute approximate surface area is 673 Å². The summed E-state index contributed by atoms with van der Waals surface area (Å²) < 4.78 is 57.6. The van der Waals surface area contributed by atoms with Gasteiger partial charge in [0.1, 0.15) is 73.1 Å². The molecule has 18 N–H and O–H groups in total. The van der Waals surface area contributed by atoms with Crippen molar-refractivity contribution in [3.63, 3.8) is 0 Å². The number of hydrogen-bond acceptors (Lipinski definition) is 31. The van der Waals surface area contributed by atoms with Crippen LogP contribution >= 0.6 is 17.2 Å². The van der Waals surface area contributed by atoms with E-state index in [0.29, 0.717) is 129 Å². The number of nitrogens with zero attached hydrogens (tertiary/aromatic N) is 3. The van der Waals surface area contributed by atoms with Crippen LogP contribution < -0.4 is 31.9 Å². The Balaban J connectivity index is 0.898. The minimum Gasteiger partial charge on any atom is -0.394 e. The molecule has 0 aromatic heterocycles. The fourth-order valence-corrected chi connectivity index (χ4v) is 16.3. The maximum Gasteiger partial charge on any atom is 0.330 e. The fraction of sp³-hybridized carbons (Fsp3) is 0.877. The first-order valence-corrected chi connectivity index (χ1v) is 42.7. The lowest BCUT2D eigenvalue weighted by molar-refractivity contribution is -0.270. The first-order valence-electron chi connectivity index (χ1n) is 40.5. The van der Waals surface area contributed by atoms with E-state index >= 15 is 0 Å². The molecule has 662 valence electrons. The molecule has 0 bridgehead atoms. The quantitative estimate of drug-likeness (QED) is 0.0214. The Hall–Kier alpha value is -4.79. The van der Waals surface area contributed by atoms with Gasteiger partial charge in [0.15, 0.2) is 18.9 Å². The molecular weight excluding hydrogens is 1560 g/mol. The number of rotatable bonds is 53. The zero-order chi connectivity index (χ0) is 84.1. The van der Waals surface area contributed by atoms with Gasteiger partial charge in [0, 0.05) is 118 Å². The van der Waals surface area contributed by atoms with Crippen LogP contribution in [0.5, 0.6) is 0 Å². The van der Waals surface area contributed by atoms with Gasteiger partial charge in [-0.15, -0.1) is 0 Å². The molecule has 6 saturated heterocycles. The molecule has 42 heteroatoms. The monoisotopic (exact) mass is 1690 g/mol. The van der Waals surface area contributed by atoms with Crippen LogP contribution in [0.25, 0.3) is 0 Å². The highest BCUT2D eigenvalue weighted by molar-refractivity contribution is 7.40. The molecular formula is C73H129N9O31P2. The number of aliphatic hydroxyl groups excluding tert-OH is 10. The standard InChI is InChI=1S/C73H129N9O31P2/c1-44-32-49(80(35-44)59(93)23-8-5-14-26-74-56(90)20-11-17-29-104-71-62(77-45(2)87)68(99)65(96)53(39-84)109-71)42-107-114(102)113-52-34-50(82(37-52)61(95)25-10-7-16-28-76-58(92)22-13-19-31-106-73-64(79-47(4)89)70(101)67(98)55(41-86)111-73)43-108-115(103)112-51-33-48(38-83)81(36-51)60(94)24-9-6-15-27-75-57(91)21-12-18-30-105-72-63(78-46(3)88)69(100)66(97)54(40-85)110-72/h44,48-55,62-73,83-86,96-103H,5-43H2,1-4H3,(H,74,90)(H,75,91)(H,76,92)(H,77,87)(H,78,88)(H,79,89)/t44-,48+,49+,50+,51-,52-,53?,54?,55?,62?,63?,64?,65+,66+,67+,68?,69?,70?,71-,72-,73-,114?,115?/m1/s1. The molecule has 6 heterocycles. The normalized spacial score (nSPS) is 30.1. The van der Waals surface area contributed by atoms with Crippen LogP contribution in [0.4, 0.5) is 0 Å². The van der Waals surface area contributed by atoms with E-state index < -0.39 is 171 Å². The van der Waals surface area contributed by atoms with Crippen molar-refractivity contribution in [2.24, 2.45) is 5.92 Å². The molecule has 0 aromatic rings. The second-order valence-corrected chi connectivity index (χ2v) is 32.3. The van der Waals surface area contributed by atoms with Crippen molar-refractivity contribution in [2.75, 3.05) is 98.7 Å². The lowest BCUT2D eigenvalue weighted by Gasteiger charge is -2.42. The Kier molecular flexibility index (Phi) is 45.7. The van der Waals surface area contributed by atoms with Gasteiger partial charge in [-0.25, -0.2) is 0 Å². The van der Waals surface area contributed by atoms with Crippen molar-refractivity contribution in [3.05, 3.63) is 0 Å². The van der Waals surface area contributed by atoms with E-state index in [0.717, 1.165) is 0 Å². The third kappa shape index (κ3) is 34.0. The highest BCUT2D eigenvalue weighted by atomic mass is 31.2. The van der Waals surface area contributed by atoms with E-state index in [1.165, 1.54) is 25.7 Å². The zero-order valence-electron chi connectivity index (χ0n) is 66.6. The van der Waals surface area contributed by atoms with Gasteiger partial charge in [-0.2, -0.15) is 0 Å². The summed E-state index contributed by atoms with van der Waals surface area (Å²) in [6.07, 6.45) is -6.96. The summed E-state index contributed by atoms with van der Waals surface area (Å²) in [5.74, 6) is -2.40. The molecule has 0 radical (unpaired) electrons. The number of nitrogens with one attached hydrogen (secondary N) is 6. The van der Waals surface area contributed by atoms with E-state index in [1.54, 1.807) is 9.80 Å². The van der Waals surface area contributed by atoms with Gasteiger partial charge >= 0.3 is 17.2 Å². The molecule has 6 aliphatic rings. The minimum absolute atomic E-state index is 0.0141. The van der Waals surface area contributed by atoms with Gasteiger partial charge in [-0.05, 0) is 102 Å². The Morgan fingerprint density at radius 1 is 0.383 bits per heavy atom. The Bertz CT molecular complexity index is 2940. The van der Waals surface area contributed by atoms with Gasteiger partial charge < -0.3 is 154 Å². The second kappa shape index (κ2) is 53.1. The summed E-state index contributed by atoms with van der Waals surface area (Å²) >= 11 is 0. The molecule has 115 heavy (non-hydrogen) atoms. The largest absolute Gasteiger partial charge is 0.394 e. The van der Waals surface area contributed by atoms with Crippen molar-refractivity contribution in [1.82, 2.24) is 46.6 Å². The first-order chi connectivity index (χ1) is 55.0. The highest BCUT2D eigenvalue weighted by Gasteiger charge is 2.49. The summed E-state index contributed by atoms with van der Waals surface area (Å²) in [6.45, 7) is 5.47. The number of carbonyl (C=O) groups excluding carboxylic acids is 9. The van der Waals surface area contributed by atoms with Gasteiger partial charge in [0.25, 0.3) is 0 Å². The Morgan fingerprint density at radius 2 is 0.687 bits per heavy atom. The molecule has 0 saturated carbocycles. The predicted octanol–water partition coefficient (Wildman–Crippen LogP) is -2.92. The third-order valence-electron chi connectivity index (χ3n) is 20.9. The molecule has 40 nitrogen and oxygen atoms in total.